The highest BCUT2D eigenvalue weighted by Crippen LogP contribution is 2.20. The second-order valence-electron chi connectivity index (χ2n) is 25.6. The molecule has 0 saturated heterocycles. The first-order valence-corrected chi connectivity index (χ1v) is 36.9. The van der Waals surface area contributed by atoms with Crippen molar-refractivity contribution in [1.29, 1.82) is 0 Å². The molecule has 3 N–H and O–H groups in total. The maximum absolute atomic E-state index is 12.6. The molecule has 0 saturated carbocycles. The van der Waals surface area contributed by atoms with E-state index in [0.29, 0.717) is 25.9 Å². The topological polar surface area (TPSA) is 95.9 Å². The zero-order valence-corrected chi connectivity index (χ0v) is 54.6. The number of hydrogen-bond acceptors (Lipinski definition) is 5. The van der Waals surface area contributed by atoms with Crippen molar-refractivity contribution in [2.75, 3.05) is 13.2 Å². The zero-order valence-electron chi connectivity index (χ0n) is 54.6. The molecule has 476 valence electrons. The summed E-state index contributed by atoms with van der Waals surface area (Å²) in [5, 5.41) is 23.5. The average molecular weight is 1130 g/mol. The average Bonchev–Trinajstić information content (AvgIpc) is 3.46. The molecular formula is C74H145NO5. The molecule has 0 aliphatic heterocycles. The molecular weight excluding hydrogens is 983 g/mol. The molecule has 6 heteroatoms. The number of aliphatic hydroxyl groups excluding tert-OH is 2. The van der Waals surface area contributed by atoms with Gasteiger partial charge in [-0.1, -0.05) is 373 Å². The number of amides is 1. The Morgan fingerprint density at radius 2 is 0.588 bits per heavy atom. The van der Waals surface area contributed by atoms with Crippen molar-refractivity contribution >= 4 is 11.9 Å². The molecule has 2 unspecified atom stereocenters. The normalized spacial score (nSPS) is 12.5. The SMILES string of the molecule is CCCCCCCCCCCCCCCCCCCCCCCCCCC(O)C(CO)NC(=O)CCCCCCCCCC/C=C\CCCCCCCCCCCCCCOC(=O)CCCCCCCCCCCCCCCCC. The summed E-state index contributed by atoms with van der Waals surface area (Å²) in [6, 6.07) is -0.546. The van der Waals surface area contributed by atoms with Crippen molar-refractivity contribution in [3.05, 3.63) is 12.2 Å². The van der Waals surface area contributed by atoms with E-state index in [1.807, 2.05) is 0 Å². The van der Waals surface area contributed by atoms with Crippen LogP contribution in [0, 0.1) is 0 Å². The van der Waals surface area contributed by atoms with E-state index in [2.05, 4.69) is 31.3 Å². The molecule has 0 fully saturated rings. The Labute approximate surface area is 501 Å². The van der Waals surface area contributed by atoms with E-state index in [-0.39, 0.29) is 18.5 Å². The van der Waals surface area contributed by atoms with Gasteiger partial charge in [0, 0.05) is 12.8 Å². The Kier molecular flexibility index (Phi) is 68.9. The summed E-state index contributed by atoms with van der Waals surface area (Å²) in [6.07, 6.45) is 87.0. The van der Waals surface area contributed by atoms with E-state index < -0.39 is 12.1 Å². The fourth-order valence-electron chi connectivity index (χ4n) is 11.9. The van der Waals surface area contributed by atoms with Crippen LogP contribution >= 0.6 is 0 Å². The molecule has 0 aromatic heterocycles. The summed E-state index contributed by atoms with van der Waals surface area (Å²) in [7, 11) is 0. The second-order valence-corrected chi connectivity index (χ2v) is 25.6. The molecule has 1 amide bonds. The Morgan fingerprint density at radius 1 is 0.338 bits per heavy atom. The lowest BCUT2D eigenvalue weighted by Crippen LogP contribution is -2.45. The molecule has 2 atom stereocenters. The number of allylic oxidation sites excluding steroid dienone is 2. The molecule has 0 aliphatic carbocycles. The van der Waals surface area contributed by atoms with E-state index >= 15 is 0 Å². The van der Waals surface area contributed by atoms with Crippen LogP contribution in [0.2, 0.25) is 0 Å². The van der Waals surface area contributed by atoms with Gasteiger partial charge in [-0.05, 0) is 51.4 Å². The van der Waals surface area contributed by atoms with Gasteiger partial charge < -0.3 is 20.3 Å². The predicted octanol–water partition coefficient (Wildman–Crippen LogP) is 23.9. The van der Waals surface area contributed by atoms with E-state index in [4.69, 9.17) is 4.74 Å². The number of rotatable bonds is 70. The summed E-state index contributed by atoms with van der Waals surface area (Å²) < 4.78 is 5.50. The first-order chi connectivity index (χ1) is 39.5. The Morgan fingerprint density at radius 3 is 0.887 bits per heavy atom. The predicted molar refractivity (Wildman–Crippen MR) is 352 cm³/mol. The van der Waals surface area contributed by atoms with Crippen molar-refractivity contribution in [3.63, 3.8) is 0 Å². The van der Waals surface area contributed by atoms with E-state index in [9.17, 15) is 19.8 Å². The van der Waals surface area contributed by atoms with Gasteiger partial charge in [-0.3, -0.25) is 9.59 Å². The maximum atomic E-state index is 12.6. The van der Waals surface area contributed by atoms with Crippen molar-refractivity contribution in [3.8, 4) is 0 Å². The molecule has 0 aromatic rings. The summed E-state index contributed by atoms with van der Waals surface area (Å²) >= 11 is 0. The monoisotopic (exact) mass is 1130 g/mol. The molecule has 0 bridgehead atoms. The maximum Gasteiger partial charge on any atom is 0.305 e. The number of nitrogens with one attached hydrogen (secondary N) is 1. The number of aliphatic hydroxyl groups is 2. The Bertz CT molecular complexity index is 1210. The van der Waals surface area contributed by atoms with Gasteiger partial charge in [0.25, 0.3) is 0 Å². The van der Waals surface area contributed by atoms with E-state index in [1.165, 1.54) is 353 Å². The molecule has 0 rings (SSSR count). The molecule has 0 aliphatic rings. The van der Waals surface area contributed by atoms with Gasteiger partial charge in [0.2, 0.25) is 5.91 Å². The summed E-state index contributed by atoms with van der Waals surface area (Å²) in [4.78, 5) is 24.6. The number of carbonyl (C=O) groups is 2. The first kappa shape index (κ1) is 78.6. The fourth-order valence-corrected chi connectivity index (χ4v) is 11.9. The van der Waals surface area contributed by atoms with Gasteiger partial charge in [-0.25, -0.2) is 0 Å². The number of esters is 1. The largest absolute Gasteiger partial charge is 0.466 e. The number of unbranched alkanes of at least 4 members (excludes halogenated alkanes) is 57. The van der Waals surface area contributed by atoms with Gasteiger partial charge in [-0.15, -0.1) is 0 Å². The molecule has 80 heavy (non-hydrogen) atoms. The van der Waals surface area contributed by atoms with E-state index in [0.717, 1.165) is 38.5 Å². The second kappa shape index (κ2) is 70.1. The third-order valence-electron chi connectivity index (χ3n) is 17.6. The third-order valence-corrected chi connectivity index (χ3v) is 17.6. The Hall–Kier alpha value is -1.40. The van der Waals surface area contributed by atoms with Crippen LogP contribution in [0.1, 0.15) is 425 Å². The Balaban J connectivity index is 3.39. The lowest BCUT2D eigenvalue weighted by molar-refractivity contribution is -0.143. The molecule has 0 heterocycles. The molecule has 6 nitrogen and oxygen atoms in total. The molecule has 0 radical (unpaired) electrons. The van der Waals surface area contributed by atoms with Crippen LogP contribution in [0.3, 0.4) is 0 Å². The van der Waals surface area contributed by atoms with Crippen LogP contribution in [0.15, 0.2) is 12.2 Å². The van der Waals surface area contributed by atoms with Gasteiger partial charge in [0.05, 0.1) is 25.4 Å². The smallest absolute Gasteiger partial charge is 0.305 e. The highest BCUT2D eigenvalue weighted by atomic mass is 16.5. The quantitative estimate of drug-likeness (QED) is 0.0320. The van der Waals surface area contributed by atoms with Crippen LogP contribution in [0.5, 0.6) is 0 Å². The summed E-state index contributed by atoms with van der Waals surface area (Å²) in [5.41, 5.74) is 0. The van der Waals surface area contributed by atoms with Crippen molar-refractivity contribution in [2.45, 2.75) is 437 Å². The number of ether oxygens (including phenoxy) is 1. The minimum Gasteiger partial charge on any atom is -0.466 e. The van der Waals surface area contributed by atoms with Crippen LogP contribution in [0.4, 0.5) is 0 Å². The van der Waals surface area contributed by atoms with E-state index in [1.54, 1.807) is 0 Å². The van der Waals surface area contributed by atoms with Gasteiger partial charge >= 0.3 is 5.97 Å². The minimum absolute atomic E-state index is 0.0168. The lowest BCUT2D eigenvalue weighted by atomic mass is 10.0. The number of hydrogen-bond donors (Lipinski definition) is 3. The minimum atomic E-state index is -0.668. The van der Waals surface area contributed by atoms with Crippen LogP contribution in [-0.4, -0.2) is 47.4 Å². The highest BCUT2D eigenvalue weighted by molar-refractivity contribution is 5.76. The standard InChI is InChI=1S/C74H145NO5/c1-3-5-7-9-11-13-15-17-19-20-21-22-23-26-29-32-35-39-42-46-50-54-58-62-66-72(77)71(70-76)75-73(78)67-63-59-55-51-47-43-40-36-33-30-27-24-25-28-31-34-37-41-45-49-53-57-61-65-69-80-74(79)68-64-60-56-52-48-44-38-18-16-14-12-10-8-6-4-2/h27,30,71-72,76-77H,3-26,28-29,31-70H2,1-2H3,(H,75,78)/b30-27-. The molecule has 0 aromatic carbocycles. The first-order valence-electron chi connectivity index (χ1n) is 36.9. The number of carbonyl (C=O) groups excluding carboxylic acids is 2. The van der Waals surface area contributed by atoms with Crippen molar-refractivity contribution in [2.24, 2.45) is 0 Å². The summed E-state index contributed by atoms with van der Waals surface area (Å²) in [5.74, 6) is -0.0172. The van der Waals surface area contributed by atoms with Gasteiger partial charge in [0.15, 0.2) is 0 Å². The zero-order chi connectivity index (χ0) is 57.8. The van der Waals surface area contributed by atoms with Crippen molar-refractivity contribution < 1.29 is 24.5 Å². The van der Waals surface area contributed by atoms with Crippen LogP contribution in [-0.2, 0) is 14.3 Å². The summed E-state index contributed by atoms with van der Waals surface area (Å²) in [6.45, 7) is 5.00. The van der Waals surface area contributed by atoms with Crippen LogP contribution in [0.25, 0.3) is 0 Å². The van der Waals surface area contributed by atoms with Crippen molar-refractivity contribution in [1.82, 2.24) is 5.32 Å². The third kappa shape index (κ3) is 65.7. The lowest BCUT2D eigenvalue weighted by Gasteiger charge is -2.22. The highest BCUT2D eigenvalue weighted by Gasteiger charge is 2.20. The van der Waals surface area contributed by atoms with Gasteiger partial charge in [0.1, 0.15) is 0 Å². The van der Waals surface area contributed by atoms with Crippen LogP contribution < -0.4 is 5.32 Å². The molecule has 0 spiro atoms. The fraction of sp³-hybridized carbons (Fsp3) is 0.946. The van der Waals surface area contributed by atoms with Gasteiger partial charge in [-0.2, -0.15) is 0 Å².